The molecule has 0 saturated heterocycles. The zero-order valence-electron chi connectivity index (χ0n) is 14.8. The number of hydrogen-bond donors (Lipinski definition) is 0. The lowest BCUT2D eigenvalue weighted by Gasteiger charge is -2.23. The summed E-state index contributed by atoms with van der Waals surface area (Å²) in [6, 6.07) is 23.8. The van der Waals surface area contributed by atoms with Crippen LogP contribution in [-0.2, 0) is 4.79 Å². The van der Waals surface area contributed by atoms with E-state index in [2.05, 4.69) is 4.98 Å². The second-order valence-corrected chi connectivity index (χ2v) is 6.20. The Morgan fingerprint density at radius 1 is 0.852 bits per heavy atom. The van der Waals surface area contributed by atoms with Crippen LogP contribution in [-0.4, -0.2) is 10.9 Å². The summed E-state index contributed by atoms with van der Waals surface area (Å²) < 4.78 is 14.4. The molecule has 4 aromatic rings. The molecule has 0 fully saturated rings. The molecule has 1 aromatic heterocycles. The standard InChI is InChI=1S/C23H17FN2O/c1-16(27)26(21-12-6-5-11-20(21)24)22-14-13-18(17-8-3-2-4-9-17)19-10-7-15-25-23(19)22/h2-15H,1H3. The molecule has 0 bridgehead atoms. The van der Waals surface area contributed by atoms with Gasteiger partial charge in [0.05, 0.1) is 16.9 Å². The van der Waals surface area contributed by atoms with Crippen LogP contribution in [0.2, 0.25) is 0 Å². The lowest BCUT2D eigenvalue weighted by molar-refractivity contribution is -0.115. The number of carbonyl (C=O) groups is 1. The van der Waals surface area contributed by atoms with Crippen molar-refractivity contribution in [2.24, 2.45) is 0 Å². The van der Waals surface area contributed by atoms with E-state index in [1.807, 2.05) is 54.6 Å². The van der Waals surface area contributed by atoms with Crippen LogP contribution in [0.3, 0.4) is 0 Å². The number of nitrogens with zero attached hydrogens (tertiary/aromatic N) is 2. The molecule has 3 nitrogen and oxygen atoms in total. The highest BCUT2D eigenvalue weighted by molar-refractivity contribution is 6.09. The molecule has 0 radical (unpaired) electrons. The van der Waals surface area contributed by atoms with Crippen molar-refractivity contribution in [3.8, 4) is 11.1 Å². The maximum atomic E-state index is 14.4. The Labute approximate surface area is 156 Å². The normalized spacial score (nSPS) is 10.7. The van der Waals surface area contributed by atoms with Crippen molar-refractivity contribution in [2.75, 3.05) is 4.90 Å². The minimum atomic E-state index is -0.455. The van der Waals surface area contributed by atoms with Gasteiger partial charge < -0.3 is 0 Å². The number of hydrogen-bond acceptors (Lipinski definition) is 2. The van der Waals surface area contributed by atoms with Crippen LogP contribution < -0.4 is 4.90 Å². The van der Waals surface area contributed by atoms with Crippen molar-refractivity contribution >= 4 is 28.2 Å². The van der Waals surface area contributed by atoms with Crippen LogP contribution in [0.4, 0.5) is 15.8 Å². The van der Waals surface area contributed by atoms with Gasteiger partial charge in [0.1, 0.15) is 5.82 Å². The number of para-hydroxylation sites is 1. The number of carbonyl (C=O) groups excluding carboxylic acids is 1. The quantitative estimate of drug-likeness (QED) is 0.470. The molecule has 0 aliphatic carbocycles. The fraction of sp³-hybridized carbons (Fsp3) is 0.0435. The Morgan fingerprint density at radius 3 is 2.33 bits per heavy atom. The Kier molecular flexibility index (Phi) is 4.38. The highest BCUT2D eigenvalue weighted by Crippen LogP contribution is 2.37. The molecule has 27 heavy (non-hydrogen) atoms. The number of rotatable bonds is 3. The SMILES string of the molecule is CC(=O)N(c1ccccc1F)c1ccc(-c2ccccc2)c2cccnc12. The predicted octanol–water partition coefficient (Wildman–Crippen LogP) is 5.73. The predicted molar refractivity (Wildman–Crippen MR) is 106 cm³/mol. The number of halogens is 1. The number of amides is 1. The van der Waals surface area contributed by atoms with Crippen molar-refractivity contribution in [3.63, 3.8) is 0 Å². The molecule has 4 rings (SSSR count). The fourth-order valence-corrected chi connectivity index (χ4v) is 3.31. The highest BCUT2D eigenvalue weighted by Gasteiger charge is 2.21. The van der Waals surface area contributed by atoms with E-state index in [1.165, 1.54) is 17.9 Å². The van der Waals surface area contributed by atoms with Gasteiger partial charge >= 0.3 is 0 Å². The molecule has 0 unspecified atom stereocenters. The Bertz CT molecular complexity index is 1130. The Hall–Kier alpha value is -3.53. The molecular formula is C23H17FN2O. The molecule has 0 aliphatic rings. The summed E-state index contributed by atoms with van der Waals surface area (Å²) in [5.41, 5.74) is 3.49. The van der Waals surface area contributed by atoms with Crippen molar-refractivity contribution in [1.29, 1.82) is 0 Å². The van der Waals surface area contributed by atoms with Gasteiger partial charge in [-0.25, -0.2) is 4.39 Å². The topological polar surface area (TPSA) is 33.2 Å². The molecule has 1 amide bonds. The maximum Gasteiger partial charge on any atom is 0.228 e. The molecule has 0 spiro atoms. The van der Waals surface area contributed by atoms with Crippen LogP contribution in [0.5, 0.6) is 0 Å². The summed E-state index contributed by atoms with van der Waals surface area (Å²) in [7, 11) is 0. The first-order valence-electron chi connectivity index (χ1n) is 8.65. The van der Waals surface area contributed by atoms with Gasteiger partial charge in [-0.3, -0.25) is 14.7 Å². The molecular weight excluding hydrogens is 339 g/mol. The van der Waals surface area contributed by atoms with E-state index in [1.54, 1.807) is 24.4 Å². The van der Waals surface area contributed by atoms with Crippen LogP contribution in [0.1, 0.15) is 6.92 Å². The second-order valence-electron chi connectivity index (χ2n) is 6.20. The van der Waals surface area contributed by atoms with E-state index < -0.39 is 5.82 Å². The second kappa shape index (κ2) is 7.00. The maximum absolute atomic E-state index is 14.4. The molecule has 0 aliphatic heterocycles. The smallest absolute Gasteiger partial charge is 0.228 e. The summed E-state index contributed by atoms with van der Waals surface area (Å²) in [6.07, 6.45) is 1.68. The van der Waals surface area contributed by atoms with E-state index >= 15 is 0 Å². The van der Waals surface area contributed by atoms with Gasteiger partial charge in [-0.05, 0) is 35.4 Å². The van der Waals surface area contributed by atoms with Crippen molar-refractivity contribution in [1.82, 2.24) is 4.98 Å². The Morgan fingerprint density at radius 2 is 1.59 bits per heavy atom. The van der Waals surface area contributed by atoms with E-state index in [9.17, 15) is 9.18 Å². The molecule has 3 aromatic carbocycles. The van der Waals surface area contributed by atoms with E-state index in [-0.39, 0.29) is 11.6 Å². The first-order valence-corrected chi connectivity index (χ1v) is 8.65. The zero-order valence-corrected chi connectivity index (χ0v) is 14.8. The van der Waals surface area contributed by atoms with E-state index in [0.717, 1.165) is 16.5 Å². The van der Waals surface area contributed by atoms with E-state index in [0.29, 0.717) is 11.2 Å². The molecule has 4 heteroatoms. The zero-order chi connectivity index (χ0) is 18.8. The third-order valence-corrected chi connectivity index (χ3v) is 4.48. The minimum absolute atomic E-state index is 0.212. The number of pyridine rings is 1. The van der Waals surface area contributed by atoms with Gasteiger partial charge in [-0.2, -0.15) is 0 Å². The van der Waals surface area contributed by atoms with Gasteiger partial charge in [0.25, 0.3) is 0 Å². The number of anilines is 2. The molecule has 0 atom stereocenters. The van der Waals surface area contributed by atoms with Crippen LogP contribution >= 0.6 is 0 Å². The van der Waals surface area contributed by atoms with E-state index in [4.69, 9.17) is 0 Å². The summed E-state index contributed by atoms with van der Waals surface area (Å²) in [6.45, 7) is 1.42. The summed E-state index contributed by atoms with van der Waals surface area (Å²) in [5, 5.41) is 0.906. The first-order chi connectivity index (χ1) is 13.2. The van der Waals surface area contributed by atoms with Crippen molar-refractivity contribution < 1.29 is 9.18 Å². The molecule has 132 valence electrons. The molecule has 0 N–H and O–H groups in total. The molecule has 0 saturated carbocycles. The van der Waals surface area contributed by atoms with Gasteiger partial charge in [-0.15, -0.1) is 0 Å². The summed E-state index contributed by atoms with van der Waals surface area (Å²) in [4.78, 5) is 18.3. The number of fused-ring (bicyclic) bond motifs is 1. The number of benzene rings is 3. The number of aromatic nitrogens is 1. The van der Waals surface area contributed by atoms with Gasteiger partial charge in [-0.1, -0.05) is 54.6 Å². The van der Waals surface area contributed by atoms with Gasteiger partial charge in [0.2, 0.25) is 5.91 Å². The largest absolute Gasteiger partial charge is 0.276 e. The van der Waals surface area contributed by atoms with Crippen LogP contribution in [0, 0.1) is 5.82 Å². The highest BCUT2D eigenvalue weighted by atomic mass is 19.1. The first kappa shape index (κ1) is 16.9. The average molecular weight is 356 g/mol. The van der Waals surface area contributed by atoms with Crippen molar-refractivity contribution in [3.05, 3.63) is 90.9 Å². The fourth-order valence-electron chi connectivity index (χ4n) is 3.31. The monoisotopic (exact) mass is 356 g/mol. The van der Waals surface area contributed by atoms with Gasteiger partial charge in [0.15, 0.2) is 0 Å². The lowest BCUT2D eigenvalue weighted by atomic mass is 9.99. The Balaban J connectivity index is 1.98. The lowest BCUT2D eigenvalue weighted by Crippen LogP contribution is -2.24. The molecule has 1 heterocycles. The minimum Gasteiger partial charge on any atom is -0.276 e. The summed E-state index contributed by atoms with van der Waals surface area (Å²) >= 11 is 0. The van der Waals surface area contributed by atoms with Crippen LogP contribution in [0.25, 0.3) is 22.0 Å². The summed E-state index contributed by atoms with van der Waals surface area (Å²) in [5.74, 6) is -0.733. The average Bonchev–Trinajstić information content (AvgIpc) is 2.70. The van der Waals surface area contributed by atoms with Crippen molar-refractivity contribution in [2.45, 2.75) is 6.92 Å². The third kappa shape index (κ3) is 3.06. The van der Waals surface area contributed by atoms with Gasteiger partial charge in [0, 0.05) is 18.5 Å². The van der Waals surface area contributed by atoms with Crippen LogP contribution in [0.15, 0.2) is 85.1 Å². The third-order valence-electron chi connectivity index (χ3n) is 4.48.